The first kappa shape index (κ1) is 16.3. The molecule has 1 amide bonds. The normalized spacial score (nSPS) is 16.8. The van der Waals surface area contributed by atoms with Crippen LogP contribution in [-0.2, 0) is 6.54 Å². The maximum Gasteiger partial charge on any atom is 0.257 e. The lowest BCUT2D eigenvalue weighted by Crippen LogP contribution is -2.38. The number of carbonyl (C=O) groups excluding carboxylic acids is 1. The zero-order valence-corrected chi connectivity index (χ0v) is 14.0. The highest BCUT2D eigenvalue weighted by Gasteiger charge is 2.31. The average Bonchev–Trinajstić information content (AvgIpc) is 3.32. The van der Waals surface area contributed by atoms with Gasteiger partial charge in [-0.3, -0.25) is 9.78 Å². The van der Waals surface area contributed by atoms with E-state index in [1.54, 1.807) is 23.2 Å². The fourth-order valence-corrected chi connectivity index (χ4v) is 3.19. The monoisotopic (exact) mass is 352 g/mol. The van der Waals surface area contributed by atoms with E-state index in [-0.39, 0.29) is 17.5 Å². The molecule has 7 nitrogen and oxygen atoms in total. The summed E-state index contributed by atoms with van der Waals surface area (Å²) in [5, 5.41) is 12.4. The summed E-state index contributed by atoms with van der Waals surface area (Å²) < 4.78 is 13.9. The van der Waals surface area contributed by atoms with E-state index >= 15 is 0 Å². The minimum absolute atomic E-state index is 0.0899. The van der Waals surface area contributed by atoms with Gasteiger partial charge in [0.05, 0.1) is 18.2 Å². The molecule has 0 unspecified atom stereocenters. The van der Waals surface area contributed by atoms with Crippen LogP contribution in [0.2, 0.25) is 0 Å². The molecular weight excluding hydrogens is 335 g/mol. The van der Waals surface area contributed by atoms with Crippen LogP contribution in [0.3, 0.4) is 0 Å². The molecular formula is C18H17FN6O. The fourth-order valence-electron chi connectivity index (χ4n) is 3.19. The summed E-state index contributed by atoms with van der Waals surface area (Å²) in [6.45, 7) is 1.01. The quantitative estimate of drug-likeness (QED) is 0.719. The van der Waals surface area contributed by atoms with Crippen LogP contribution in [0.4, 0.5) is 4.39 Å². The van der Waals surface area contributed by atoms with Crippen molar-refractivity contribution in [2.75, 3.05) is 6.54 Å². The summed E-state index contributed by atoms with van der Waals surface area (Å²) in [4.78, 5) is 20.1. The van der Waals surface area contributed by atoms with Crippen molar-refractivity contribution in [3.8, 4) is 11.5 Å². The predicted molar refractivity (Wildman–Crippen MR) is 91.5 cm³/mol. The SMILES string of the molecule is O=C(c1ccccc1F)N1CCC[C@H]1Cn1nnc(-c2ccccn2)n1. The second-order valence-electron chi connectivity index (χ2n) is 6.16. The standard InChI is InChI=1S/C18H17FN6O/c19-15-8-2-1-7-14(15)18(26)24-11-5-6-13(24)12-25-22-17(21-23-25)16-9-3-4-10-20-16/h1-4,7-10,13H,5-6,11-12H2/t13-/m0/s1. The van der Waals surface area contributed by atoms with Crippen LogP contribution in [0.5, 0.6) is 0 Å². The molecule has 3 aromatic rings. The Kier molecular flexibility index (Phi) is 4.39. The first-order chi connectivity index (χ1) is 12.7. The van der Waals surface area contributed by atoms with Crippen LogP contribution < -0.4 is 0 Å². The fraction of sp³-hybridized carbons (Fsp3) is 0.278. The molecule has 1 saturated heterocycles. The van der Waals surface area contributed by atoms with Gasteiger partial charge in [-0.15, -0.1) is 10.2 Å². The number of tetrazole rings is 1. The predicted octanol–water partition coefficient (Wildman–Crippen LogP) is 2.18. The lowest BCUT2D eigenvalue weighted by Gasteiger charge is -2.24. The van der Waals surface area contributed by atoms with Crippen molar-refractivity contribution >= 4 is 5.91 Å². The van der Waals surface area contributed by atoms with Crippen LogP contribution in [-0.4, -0.2) is 48.6 Å². The third-order valence-electron chi connectivity index (χ3n) is 4.46. The Bertz CT molecular complexity index is 913. The van der Waals surface area contributed by atoms with Crippen molar-refractivity contribution in [3.63, 3.8) is 0 Å². The topological polar surface area (TPSA) is 76.8 Å². The van der Waals surface area contributed by atoms with E-state index in [4.69, 9.17) is 0 Å². The molecule has 0 spiro atoms. The molecule has 1 fully saturated rings. The Morgan fingerprint density at radius 2 is 2.04 bits per heavy atom. The van der Waals surface area contributed by atoms with Crippen molar-refractivity contribution < 1.29 is 9.18 Å². The van der Waals surface area contributed by atoms with E-state index in [1.165, 1.54) is 16.9 Å². The molecule has 132 valence electrons. The molecule has 1 aliphatic heterocycles. The maximum atomic E-state index is 13.9. The summed E-state index contributed by atoms with van der Waals surface area (Å²) >= 11 is 0. The van der Waals surface area contributed by atoms with Gasteiger partial charge < -0.3 is 4.90 Å². The van der Waals surface area contributed by atoms with Gasteiger partial charge in [0.2, 0.25) is 5.82 Å². The number of halogens is 1. The van der Waals surface area contributed by atoms with Gasteiger partial charge in [0, 0.05) is 12.7 Å². The largest absolute Gasteiger partial charge is 0.334 e. The number of benzene rings is 1. The van der Waals surface area contributed by atoms with Crippen molar-refractivity contribution in [1.29, 1.82) is 0 Å². The smallest absolute Gasteiger partial charge is 0.257 e. The molecule has 4 rings (SSSR count). The molecule has 0 N–H and O–H groups in total. The maximum absolute atomic E-state index is 13.9. The molecule has 8 heteroatoms. The number of rotatable bonds is 4. The summed E-state index contributed by atoms with van der Waals surface area (Å²) in [5.41, 5.74) is 0.740. The number of aromatic nitrogens is 5. The van der Waals surface area contributed by atoms with Crippen LogP contribution in [0, 0.1) is 5.82 Å². The summed E-state index contributed by atoms with van der Waals surface area (Å²) in [5.74, 6) is -0.356. The Morgan fingerprint density at radius 1 is 1.19 bits per heavy atom. The van der Waals surface area contributed by atoms with Gasteiger partial charge in [-0.25, -0.2) is 4.39 Å². The van der Waals surface area contributed by atoms with Crippen LogP contribution in [0.1, 0.15) is 23.2 Å². The first-order valence-electron chi connectivity index (χ1n) is 8.47. The summed E-state index contributed by atoms with van der Waals surface area (Å²) in [6.07, 6.45) is 3.36. The number of hydrogen-bond donors (Lipinski definition) is 0. The van der Waals surface area contributed by atoms with E-state index in [0.29, 0.717) is 24.6 Å². The second-order valence-corrected chi connectivity index (χ2v) is 6.16. The third kappa shape index (κ3) is 3.17. The Labute approximate surface area is 149 Å². The van der Waals surface area contributed by atoms with Gasteiger partial charge in [-0.05, 0) is 42.3 Å². The lowest BCUT2D eigenvalue weighted by atomic mass is 10.1. The summed E-state index contributed by atoms with van der Waals surface area (Å²) in [6, 6.07) is 11.5. The molecule has 1 aromatic carbocycles. The molecule has 3 heterocycles. The highest BCUT2D eigenvalue weighted by molar-refractivity contribution is 5.94. The van der Waals surface area contributed by atoms with Gasteiger partial charge >= 0.3 is 0 Å². The number of carbonyl (C=O) groups is 1. The number of pyridine rings is 1. The van der Waals surface area contributed by atoms with E-state index in [2.05, 4.69) is 20.4 Å². The number of likely N-dealkylation sites (tertiary alicyclic amines) is 1. The first-order valence-corrected chi connectivity index (χ1v) is 8.47. The highest BCUT2D eigenvalue weighted by atomic mass is 19.1. The van der Waals surface area contributed by atoms with E-state index in [0.717, 1.165) is 12.8 Å². The minimum atomic E-state index is -0.500. The third-order valence-corrected chi connectivity index (χ3v) is 4.46. The van der Waals surface area contributed by atoms with Crippen molar-refractivity contribution in [2.45, 2.75) is 25.4 Å². The Balaban J connectivity index is 1.50. The Hall–Kier alpha value is -3.16. The Morgan fingerprint density at radius 3 is 2.85 bits per heavy atom. The van der Waals surface area contributed by atoms with Gasteiger partial charge in [0.25, 0.3) is 5.91 Å². The van der Waals surface area contributed by atoms with E-state index in [1.807, 2.05) is 18.2 Å². The molecule has 2 aromatic heterocycles. The highest BCUT2D eigenvalue weighted by Crippen LogP contribution is 2.22. The average molecular weight is 352 g/mol. The van der Waals surface area contributed by atoms with E-state index in [9.17, 15) is 9.18 Å². The van der Waals surface area contributed by atoms with Gasteiger partial charge in [-0.2, -0.15) is 4.80 Å². The second kappa shape index (κ2) is 6.99. The molecule has 0 aliphatic carbocycles. The van der Waals surface area contributed by atoms with Crippen LogP contribution in [0.15, 0.2) is 48.7 Å². The minimum Gasteiger partial charge on any atom is -0.334 e. The molecule has 1 atom stereocenters. The lowest BCUT2D eigenvalue weighted by molar-refractivity contribution is 0.0713. The van der Waals surface area contributed by atoms with Crippen LogP contribution in [0.25, 0.3) is 11.5 Å². The molecule has 0 bridgehead atoms. The molecule has 26 heavy (non-hydrogen) atoms. The van der Waals surface area contributed by atoms with Crippen molar-refractivity contribution in [1.82, 2.24) is 30.1 Å². The number of nitrogens with zero attached hydrogens (tertiary/aromatic N) is 6. The van der Waals surface area contributed by atoms with Gasteiger partial charge in [0.1, 0.15) is 11.5 Å². The number of amides is 1. The summed E-state index contributed by atoms with van der Waals surface area (Å²) in [7, 11) is 0. The zero-order valence-electron chi connectivity index (χ0n) is 14.0. The molecule has 1 aliphatic rings. The zero-order chi connectivity index (χ0) is 17.9. The van der Waals surface area contributed by atoms with Crippen LogP contribution >= 0.6 is 0 Å². The van der Waals surface area contributed by atoms with Crippen molar-refractivity contribution in [3.05, 3.63) is 60.0 Å². The van der Waals surface area contributed by atoms with Gasteiger partial charge in [-0.1, -0.05) is 18.2 Å². The van der Waals surface area contributed by atoms with E-state index < -0.39 is 5.82 Å². The molecule has 0 radical (unpaired) electrons. The van der Waals surface area contributed by atoms with Gasteiger partial charge in [0.15, 0.2) is 0 Å². The molecule has 0 saturated carbocycles. The van der Waals surface area contributed by atoms with Crippen molar-refractivity contribution in [2.24, 2.45) is 0 Å². The number of hydrogen-bond acceptors (Lipinski definition) is 5.